The highest BCUT2D eigenvalue weighted by Crippen LogP contribution is 2.26. The maximum atomic E-state index is 13.5. The van der Waals surface area contributed by atoms with E-state index in [0.29, 0.717) is 18.7 Å². The number of carboxylic acids is 1. The molecule has 1 aromatic carbocycles. The smallest absolute Gasteiger partial charge is 0.325 e. The van der Waals surface area contributed by atoms with Gasteiger partial charge in [0.25, 0.3) is 5.91 Å². The fourth-order valence-electron chi connectivity index (χ4n) is 2.60. The van der Waals surface area contributed by atoms with Crippen LogP contribution in [-0.4, -0.2) is 56.6 Å². The lowest BCUT2D eigenvalue weighted by molar-refractivity contribution is -0.137. The van der Waals surface area contributed by atoms with Gasteiger partial charge in [-0.1, -0.05) is 17.3 Å². The molecular weight excluding hydrogens is 319 g/mol. The normalized spacial score (nSPS) is 17.7. The van der Waals surface area contributed by atoms with Gasteiger partial charge in [0, 0.05) is 6.54 Å². The number of benzene rings is 1. The van der Waals surface area contributed by atoms with Gasteiger partial charge in [-0.25, -0.2) is 9.07 Å². The predicted molar refractivity (Wildman–Crippen MR) is 78.7 cm³/mol. The fraction of sp³-hybridized carbons (Fsp3) is 0.333. The number of carbonyl (C=O) groups is 2. The van der Waals surface area contributed by atoms with Crippen molar-refractivity contribution in [2.45, 2.75) is 12.6 Å². The van der Waals surface area contributed by atoms with Crippen LogP contribution in [-0.2, 0) is 16.1 Å². The van der Waals surface area contributed by atoms with Crippen LogP contribution in [0.2, 0.25) is 0 Å². The van der Waals surface area contributed by atoms with Gasteiger partial charge >= 0.3 is 5.97 Å². The molecule has 0 bridgehead atoms. The Bertz CT molecular complexity index is 763. The van der Waals surface area contributed by atoms with E-state index in [1.807, 2.05) is 0 Å². The molecule has 1 aliphatic heterocycles. The summed E-state index contributed by atoms with van der Waals surface area (Å²) in [5, 5.41) is 16.1. The van der Waals surface area contributed by atoms with Gasteiger partial charge in [0.05, 0.1) is 25.5 Å². The first-order chi connectivity index (χ1) is 11.5. The van der Waals surface area contributed by atoms with Crippen molar-refractivity contribution in [2.24, 2.45) is 0 Å². The van der Waals surface area contributed by atoms with E-state index >= 15 is 0 Å². The maximum absolute atomic E-state index is 13.5. The van der Waals surface area contributed by atoms with Crippen LogP contribution in [0, 0.1) is 5.82 Å². The van der Waals surface area contributed by atoms with E-state index in [1.54, 1.807) is 12.1 Å². The SMILES string of the molecule is O=C(O)Cn1cc(C(=O)N2CCOCC2c2cccc(F)c2)nn1. The Kier molecular flexibility index (Phi) is 4.52. The third kappa shape index (κ3) is 3.40. The standard InChI is InChI=1S/C15H15FN4O4/c16-11-3-1-2-10(6-11)13-9-24-5-4-20(13)15(23)12-7-19(18-17-12)8-14(21)22/h1-3,6-7,13H,4-5,8-9H2,(H,21,22). The third-order valence-corrected chi connectivity index (χ3v) is 3.68. The molecule has 1 amide bonds. The number of rotatable bonds is 4. The molecule has 1 aromatic heterocycles. The first-order valence-corrected chi connectivity index (χ1v) is 7.30. The molecule has 1 saturated heterocycles. The van der Waals surface area contributed by atoms with Crippen molar-refractivity contribution in [2.75, 3.05) is 19.8 Å². The molecule has 24 heavy (non-hydrogen) atoms. The molecule has 1 atom stereocenters. The Morgan fingerprint density at radius 1 is 1.42 bits per heavy atom. The summed E-state index contributed by atoms with van der Waals surface area (Å²) in [6.07, 6.45) is 1.29. The number of ether oxygens (including phenoxy) is 1. The van der Waals surface area contributed by atoms with E-state index in [1.165, 1.54) is 23.2 Å². The zero-order valence-electron chi connectivity index (χ0n) is 12.6. The molecular formula is C15H15FN4O4. The molecule has 2 heterocycles. The van der Waals surface area contributed by atoms with Crippen molar-refractivity contribution in [1.82, 2.24) is 19.9 Å². The summed E-state index contributed by atoms with van der Waals surface area (Å²) in [6.45, 7) is 0.557. The Morgan fingerprint density at radius 2 is 2.25 bits per heavy atom. The summed E-state index contributed by atoms with van der Waals surface area (Å²) in [4.78, 5) is 24.9. The van der Waals surface area contributed by atoms with Gasteiger partial charge < -0.3 is 14.7 Å². The van der Waals surface area contributed by atoms with E-state index in [0.717, 1.165) is 4.68 Å². The second kappa shape index (κ2) is 6.75. The highest BCUT2D eigenvalue weighted by atomic mass is 19.1. The highest BCUT2D eigenvalue weighted by molar-refractivity contribution is 5.92. The monoisotopic (exact) mass is 334 g/mol. The van der Waals surface area contributed by atoms with Gasteiger partial charge in [-0.15, -0.1) is 5.10 Å². The minimum absolute atomic E-state index is 0.0413. The van der Waals surface area contributed by atoms with Crippen LogP contribution in [0.1, 0.15) is 22.1 Å². The zero-order chi connectivity index (χ0) is 17.1. The van der Waals surface area contributed by atoms with Gasteiger partial charge in [0.15, 0.2) is 5.69 Å². The Hall–Kier alpha value is -2.81. The number of halogens is 1. The number of hydrogen-bond acceptors (Lipinski definition) is 5. The van der Waals surface area contributed by atoms with Gasteiger partial charge in [-0.05, 0) is 17.7 Å². The number of carbonyl (C=O) groups excluding carboxylic acids is 1. The van der Waals surface area contributed by atoms with Crippen LogP contribution >= 0.6 is 0 Å². The first-order valence-electron chi connectivity index (χ1n) is 7.30. The predicted octanol–water partition coefficient (Wildman–Crippen LogP) is 0.715. The molecule has 0 radical (unpaired) electrons. The van der Waals surface area contributed by atoms with Crippen molar-refractivity contribution in [1.29, 1.82) is 0 Å². The molecule has 0 aliphatic carbocycles. The topological polar surface area (TPSA) is 97.5 Å². The third-order valence-electron chi connectivity index (χ3n) is 3.68. The molecule has 1 aliphatic rings. The summed E-state index contributed by atoms with van der Waals surface area (Å²) in [5.74, 6) is -1.87. The molecule has 126 valence electrons. The van der Waals surface area contributed by atoms with E-state index in [2.05, 4.69) is 10.3 Å². The Balaban J connectivity index is 1.83. The number of aromatic nitrogens is 3. The second-order valence-corrected chi connectivity index (χ2v) is 5.34. The van der Waals surface area contributed by atoms with E-state index in [9.17, 15) is 14.0 Å². The van der Waals surface area contributed by atoms with Gasteiger partial charge in [0.1, 0.15) is 12.4 Å². The van der Waals surface area contributed by atoms with Crippen LogP contribution in [0.3, 0.4) is 0 Å². The van der Waals surface area contributed by atoms with Crippen molar-refractivity contribution in [3.8, 4) is 0 Å². The van der Waals surface area contributed by atoms with Gasteiger partial charge in [-0.2, -0.15) is 0 Å². The Morgan fingerprint density at radius 3 is 3.00 bits per heavy atom. The second-order valence-electron chi connectivity index (χ2n) is 5.34. The zero-order valence-corrected chi connectivity index (χ0v) is 12.6. The van der Waals surface area contributed by atoms with Crippen LogP contribution in [0.15, 0.2) is 30.5 Å². The molecule has 9 heteroatoms. The van der Waals surface area contributed by atoms with Crippen molar-refractivity contribution in [3.63, 3.8) is 0 Å². The molecule has 1 fully saturated rings. The van der Waals surface area contributed by atoms with Crippen LogP contribution < -0.4 is 0 Å². The number of amides is 1. The lowest BCUT2D eigenvalue weighted by atomic mass is 10.0. The number of nitrogens with zero attached hydrogens (tertiary/aromatic N) is 4. The minimum atomic E-state index is -1.08. The van der Waals surface area contributed by atoms with Gasteiger partial charge in [-0.3, -0.25) is 9.59 Å². The largest absolute Gasteiger partial charge is 0.480 e. The van der Waals surface area contributed by atoms with E-state index in [4.69, 9.17) is 9.84 Å². The molecule has 2 aromatic rings. The number of aliphatic carboxylic acids is 1. The van der Waals surface area contributed by atoms with E-state index in [-0.39, 0.29) is 18.8 Å². The highest BCUT2D eigenvalue weighted by Gasteiger charge is 2.31. The summed E-state index contributed by atoms with van der Waals surface area (Å²) in [6, 6.07) is 5.55. The minimum Gasteiger partial charge on any atom is -0.480 e. The van der Waals surface area contributed by atoms with Crippen molar-refractivity contribution in [3.05, 3.63) is 47.5 Å². The maximum Gasteiger partial charge on any atom is 0.325 e. The summed E-state index contributed by atoms with van der Waals surface area (Å²) < 4.78 is 20.0. The van der Waals surface area contributed by atoms with Crippen LogP contribution in [0.5, 0.6) is 0 Å². The lowest BCUT2D eigenvalue weighted by Crippen LogP contribution is -2.43. The summed E-state index contributed by atoms with van der Waals surface area (Å²) >= 11 is 0. The molecule has 0 saturated carbocycles. The number of morpholine rings is 1. The molecule has 0 spiro atoms. The first kappa shape index (κ1) is 16.1. The molecule has 1 N–H and O–H groups in total. The fourth-order valence-corrected chi connectivity index (χ4v) is 2.60. The van der Waals surface area contributed by atoms with Crippen molar-refractivity contribution < 1.29 is 23.8 Å². The molecule has 3 rings (SSSR count). The van der Waals surface area contributed by atoms with Gasteiger partial charge in [0.2, 0.25) is 0 Å². The molecule has 1 unspecified atom stereocenters. The lowest BCUT2D eigenvalue weighted by Gasteiger charge is -2.35. The number of hydrogen-bond donors (Lipinski definition) is 1. The van der Waals surface area contributed by atoms with Crippen LogP contribution in [0.4, 0.5) is 4.39 Å². The number of carboxylic acid groups (broad SMARTS) is 1. The van der Waals surface area contributed by atoms with E-state index < -0.39 is 23.7 Å². The summed E-state index contributed by atoms with van der Waals surface area (Å²) in [7, 11) is 0. The van der Waals surface area contributed by atoms with Crippen molar-refractivity contribution >= 4 is 11.9 Å². The summed E-state index contributed by atoms with van der Waals surface area (Å²) in [5.41, 5.74) is 0.667. The quantitative estimate of drug-likeness (QED) is 0.885. The average molecular weight is 334 g/mol. The average Bonchev–Trinajstić information content (AvgIpc) is 3.02. The Labute approximate surface area is 136 Å². The molecule has 8 nitrogen and oxygen atoms in total. The van der Waals surface area contributed by atoms with Crippen LogP contribution in [0.25, 0.3) is 0 Å².